The first-order chi connectivity index (χ1) is 20.2. The molecule has 0 radical (unpaired) electrons. The van der Waals surface area contributed by atoms with Crippen LogP contribution in [0.1, 0.15) is 11.7 Å². The Kier molecular flexibility index (Phi) is 13.6. The highest BCUT2D eigenvalue weighted by Gasteiger charge is 2.21. The van der Waals surface area contributed by atoms with Gasteiger partial charge in [0.05, 0.1) is 40.0 Å². The van der Waals surface area contributed by atoms with E-state index in [-0.39, 0.29) is 6.61 Å². The van der Waals surface area contributed by atoms with Gasteiger partial charge in [-0.1, -0.05) is 13.2 Å². The second kappa shape index (κ2) is 18.0. The van der Waals surface area contributed by atoms with Gasteiger partial charge in [0, 0.05) is 5.56 Å². The van der Waals surface area contributed by atoms with Crippen molar-refractivity contribution in [1.82, 2.24) is 0 Å². The largest absolute Gasteiger partial charge is 0.498 e. The molecule has 9 heteroatoms. The molecule has 0 heterocycles. The van der Waals surface area contributed by atoms with Crippen molar-refractivity contribution in [3.8, 4) is 34.5 Å². The van der Waals surface area contributed by atoms with E-state index >= 15 is 0 Å². The lowest BCUT2D eigenvalue weighted by Gasteiger charge is -2.23. The maximum atomic E-state index is 6.40. The number of hydrogen-bond donors (Lipinski definition) is 0. The van der Waals surface area contributed by atoms with E-state index in [9.17, 15) is 0 Å². The molecular weight excluding hydrogens is 528 g/mol. The molecule has 0 aromatic heterocycles. The molecule has 41 heavy (non-hydrogen) atoms. The number of ether oxygens (including phenoxy) is 9. The summed E-state index contributed by atoms with van der Waals surface area (Å²) in [7, 11) is 3.24. The predicted octanol–water partition coefficient (Wildman–Crippen LogP) is 6.00. The molecule has 0 aliphatic carbocycles. The summed E-state index contributed by atoms with van der Waals surface area (Å²) in [5.74, 6) is 4.10. The van der Waals surface area contributed by atoms with Crippen LogP contribution in [0.5, 0.6) is 34.5 Å². The Bertz CT molecular complexity index is 1160. The Hall–Kier alpha value is -4.50. The molecule has 0 spiro atoms. The molecule has 0 saturated heterocycles. The van der Waals surface area contributed by atoms with Crippen molar-refractivity contribution in [3.63, 3.8) is 0 Å². The predicted molar refractivity (Wildman–Crippen MR) is 155 cm³/mol. The number of rotatable bonds is 21. The molecule has 1 atom stereocenters. The Labute approximate surface area is 241 Å². The Morgan fingerprint density at radius 3 is 1.71 bits per heavy atom. The summed E-state index contributed by atoms with van der Waals surface area (Å²) in [6.07, 6.45) is 2.22. The van der Waals surface area contributed by atoms with E-state index < -0.39 is 6.10 Å². The zero-order valence-corrected chi connectivity index (χ0v) is 23.6. The van der Waals surface area contributed by atoms with Gasteiger partial charge in [0.15, 0.2) is 6.10 Å². The lowest BCUT2D eigenvalue weighted by Crippen LogP contribution is -2.19. The molecule has 220 valence electrons. The number of hydrogen-bond acceptors (Lipinski definition) is 9. The van der Waals surface area contributed by atoms with E-state index in [4.69, 9.17) is 42.6 Å². The minimum absolute atomic E-state index is 0.223. The molecule has 0 bridgehead atoms. The van der Waals surface area contributed by atoms with E-state index in [0.29, 0.717) is 56.9 Å². The van der Waals surface area contributed by atoms with Crippen LogP contribution in [0.15, 0.2) is 92.4 Å². The summed E-state index contributed by atoms with van der Waals surface area (Å²) in [4.78, 5) is 0. The summed E-state index contributed by atoms with van der Waals surface area (Å²) in [6, 6.07) is 20.3. The molecular formula is C32H38O9. The molecule has 9 nitrogen and oxygen atoms in total. The van der Waals surface area contributed by atoms with Crippen LogP contribution < -0.4 is 28.4 Å². The third-order valence-electron chi connectivity index (χ3n) is 5.66. The Balaban J connectivity index is 1.75. The van der Waals surface area contributed by atoms with Crippen LogP contribution in [0.2, 0.25) is 0 Å². The minimum atomic E-state index is -0.535. The smallest absolute Gasteiger partial charge is 0.151 e. The SMILES string of the molecule is C=COCCOc1ccc(OCCOC=C)c(C(COCCOc2ccc(OC)cc2)Oc2ccc(OC)cc2)c1. The molecule has 0 N–H and O–H groups in total. The van der Waals surface area contributed by atoms with Crippen LogP contribution in [0.4, 0.5) is 0 Å². The fourth-order valence-electron chi connectivity index (χ4n) is 3.66. The monoisotopic (exact) mass is 566 g/mol. The first-order valence-electron chi connectivity index (χ1n) is 13.2. The van der Waals surface area contributed by atoms with Crippen LogP contribution in [0.25, 0.3) is 0 Å². The van der Waals surface area contributed by atoms with Crippen LogP contribution in [-0.2, 0) is 14.2 Å². The summed E-state index contributed by atoms with van der Waals surface area (Å²) in [5, 5.41) is 0. The average Bonchev–Trinajstić information content (AvgIpc) is 3.01. The maximum absolute atomic E-state index is 6.40. The highest BCUT2D eigenvalue weighted by Crippen LogP contribution is 2.34. The minimum Gasteiger partial charge on any atom is -0.498 e. The zero-order chi connectivity index (χ0) is 29.1. The maximum Gasteiger partial charge on any atom is 0.151 e. The van der Waals surface area contributed by atoms with E-state index in [1.807, 2.05) is 66.7 Å². The highest BCUT2D eigenvalue weighted by molar-refractivity contribution is 5.43. The van der Waals surface area contributed by atoms with Gasteiger partial charge in [0.25, 0.3) is 0 Å². The Morgan fingerprint density at radius 2 is 1.10 bits per heavy atom. The third-order valence-corrected chi connectivity index (χ3v) is 5.66. The summed E-state index contributed by atoms with van der Waals surface area (Å²) < 4.78 is 51.0. The third kappa shape index (κ3) is 10.9. The van der Waals surface area contributed by atoms with Crippen molar-refractivity contribution < 1.29 is 42.6 Å². The molecule has 0 amide bonds. The molecule has 0 saturated carbocycles. The topological polar surface area (TPSA) is 83.1 Å². The fourth-order valence-corrected chi connectivity index (χ4v) is 3.66. The van der Waals surface area contributed by atoms with Crippen LogP contribution in [0.3, 0.4) is 0 Å². The Morgan fingerprint density at radius 1 is 0.585 bits per heavy atom. The van der Waals surface area contributed by atoms with E-state index in [1.165, 1.54) is 12.5 Å². The normalized spacial score (nSPS) is 11.1. The van der Waals surface area contributed by atoms with Crippen molar-refractivity contribution in [2.45, 2.75) is 6.10 Å². The van der Waals surface area contributed by atoms with Crippen molar-refractivity contribution in [2.24, 2.45) is 0 Å². The van der Waals surface area contributed by atoms with E-state index in [0.717, 1.165) is 22.8 Å². The molecule has 3 rings (SSSR count). The summed E-state index contributed by atoms with van der Waals surface area (Å²) >= 11 is 0. The average molecular weight is 567 g/mol. The van der Waals surface area contributed by atoms with Gasteiger partial charge in [-0.05, 0) is 66.7 Å². The van der Waals surface area contributed by atoms with Crippen LogP contribution in [-0.4, -0.2) is 60.5 Å². The van der Waals surface area contributed by atoms with Crippen molar-refractivity contribution in [2.75, 3.05) is 60.5 Å². The molecule has 0 aliphatic heterocycles. The van der Waals surface area contributed by atoms with Crippen LogP contribution in [0, 0.1) is 0 Å². The molecule has 0 aliphatic rings. The fraction of sp³-hybridized carbons (Fsp3) is 0.312. The molecule has 3 aromatic carbocycles. The standard InChI is InChI=1S/C32H38O9/c1-5-35-17-20-39-29-15-16-31(40-22-18-36-6-2)30(23-29)32(41-28-13-9-26(34-4)10-14-28)24-37-19-21-38-27-11-7-25(33-3)8-12-27/h5-16,23,32H,1-2,17-22,24H2,3-4H3. The van der Waals surface area contributed by atoms with Gasteiger partial charge in [-0.25, -0.2) is 0 Å². The highest BCUT2D eigenvalue weighted by atomic mass is 16.6. The van der Waals surface area contributed by atoms with Gasteiger partial charge in [0.1, 0.15) is 67.5 Å². The lowest BCUT2D eigenvalue weighted by atomic mass is 10.1. The lowest BCUT2D eigenvalue weighted by molar-refractivity contribution is 0.0338. The van der Waals surface area contributed by atoms with Gasteiger partial charge in [-0.2, -0.15) is 0 Å². The second-order valence-corrected chi connectivity index (χ2v) is 8.35. The van der Waals surface area contributed by atoms with Gasteiger partial charge in [-0.15, -0.1) is 0 Å². The zero-order valence-electron chi connectivity index (χ0n) is 23.6. The quantitative estimate of drug-likeness (QED) is 0.114. The molecule has 0 fully saturated rings. The van der Waals surface area contributed by atoms with Crippen molar-refractivity contribution in [1.29, 1.82) is 0 Å². The summed E-state index contributed by atoms with van der Waals surface area (Å²) in [6.45, 7) is 9.43. The second-order valence-electron chi connectivity index (χ2n) is 8.35. The number of methoxy groups -OCH3 is 2. The van der Waals surface area contributed by atoms with Crippen molar-refractivity contribution >= 4 is 0 Å². The molecule has 3 aromatic rings. The van der Waals surface area contributed by atoms with Crippen molar-refractivity contribution in [3.05, 3.63) is 98.0 Å². The van der Waals surface area contributed by atoms with E-state index in [1.54, 1.807) is 14.2 Å². The van der Waals surface area contributed by atoms with Gasteiger partial charge < -0.3 is 42.6 Å². The first kappa shape index (κ1) is 31.0. The molecule has 1 unspecified atom stereocenters. The number of benzene rings is 3. The van der Waals surface area contributed by atoms with Gasteiger partial charge in [-0.3, -0.25) is 0 Å². The summed E-state index contributed by atoms with van der Waals surface area (Å²) in [5.41, 5.74) is 0.748. The van der Waals surface area contributed by atoms with E-state index in [2.05, 4.69) is 13.2 Å². The van der Waals surface area contributed by atoms with Gasteiger partial charge in [0.2, 0.25) is 0 Å². The first-order valence-corrected chi connectivity index (χ1v) is 13.2. The van der Waals surface area contributed by atoms with Crippen LogP contribution >= 0.6 is 0 Å². The van der Waals surface area contributed by atoms with Gasteiger partial charge >= 0.3 is 0 Å².